The topological polar surface area (TPSA) is 62.1 Å². The van der Waals surface area contributed by atoms with Crippen LogP contribution in [0.4, 0.5) is 0 Å². The van der Waals surface area contributed by atoms with E-state index in [0.29, 0.717) is 11.5 Å². The van der Waals surface area contributed by atoms with Crippen LogP contribution < -0.4 is 9.47 Å². The summed E-state index contributed by atoms with van der Waals surface area (Å²) in [7, 11) is 3.20. The van der Waals surface area contributed by atoms with Crippen molar-refractivity contribution in [3.05, 3.63) is 36.7 Å². The lowest BCUT2D eigenvalue weighted by molar-refractivity contribution is 0.355. The highest BCUT2D eigenvalue weighted by atomic mass is 16.5. The second-order valence-corrected chi connectivity index (χ2v) is 3.90. The molecule has 0 aliphatic carbocycles. The maximum absolute atomic E-state index is 5.30. The Hall–Kier alpha value is -2.63. The molecule has 6 nitrogen and oxygen atoms in total. The van der Waals surface area contributed by atoms with Gasteiger partial charge in [-0.1, -0.05) is 5.21 Å². The molecule has 2 aromatic heterocycles. The van der Waals surface area contributed by atoms with Crippen LogP contribution >= 0.6 is 0 Å². The SMILES string of the molecule is COc1cc2nnn(-c3ccncc3)c2cc1OC. The Kier molecular flexibility index (Phi) is 2.75. The van der Waals surface area contributed by atoms with Gasteiger partial charge in [0.05, 0.1) is 25.4 Å². The summed E-state index contributed by atoms with van der Waals surface area (Å²) in [5.41, 5.74) is 2.49. The van der Waals surface area contributed by atoms with E-state index in [0.717, 1.165) is 16.7 Å². The van der Waals surface area contributed by atoms with Crippen molar-refractivity contribution in [3.8, 4) is 17.2 Å². The van der Waals surface area contributed by atoms with Gasteiger partial charge >= 0.3 is 0 Å². The highest BCUT2D eigenvalue weighted by Crippen LogP contribution is 2.31. The van der Waals surface area contributed by atoms with Gasteiger partial charge < -0.3 is 9.47 Å². The third kappa shape index (κ3) is 1.87. The predicted octanol–water partition coefficient (Wildman–Crippen LogP) is 1.83. The van der Waals surface area contributed by atoms with Crippen LogP contribution in [0.1, 0.15) is 0 Å². The van der Waals surface area contributed by atoms with Crippen molar-refractivity contribution in [3.63, 3.8) is 0 Å². The Morgan fingerprint density at radius 1 is 1.00 bits per heavy atom. The molecule has 6 heteroatoms. The number of nitrogens with zero attached hydrogens (tertiary/aromatic N) is 4. The molecule has 0 unspecified atom stereocenters. The molecule has 0 amide bonds. The molecule has 0 aliphatic heterocycles. The zero-order valence-corrected chi connectivity index (χ0v) is 10.6. The smallest absolute Gasteiger partial charge is 0.163 e. The normalized spacial score (nSPS) is 10.6. The lowest BCUT2D eigenvalue weighted by Gasteiger charge is -2.07. The minimum absolute atomic E-state index is 0.636. The van der Waals surface area contributed by atoms with E-state index in [4.69, 9.17) is 9.47 Å². The van der Waals surface area contributed by atoms with Crippen molar-refractivity contribution >= 4 is 11.0 Å². The van der Waals surface area contributed by atoms with Crippen LogP contribution in [-0.4, -0.2) is 34.2 Å². The van der Waals surface area contributed by atoms with Gasteiger partial charge in [0.15, 0.2) is 11.5 Å². The Morgan fingerprint density at radius 3 is 2.37 bits per heavy atom. The van der Waals surface area contributed by atoms with Crippen molar-refractivity contribution in [2.45, 2.75) is 0 Å². The van der Waals surface area contributed by atoms with E-state index in [1.165, 1.54) is 0 Å². The molecule has 3 aromatic rings. The van der Waals surface area contributed by atoms with Gasteiger partial charge in [-0.2, -0.15) is 0 Å². The van der Waals surface area contributed by atoms with Gasteiger partial charge in [-0.25, -0.2) is 4.68 Å². The molecule has 0 saturated heterocycles. The molecule has 0 saturated carbocycles. The molecular formula is C13H12N4O2. The first-order chi connectivity index (χ1) is 9.33. The molecule has 96 valence electrons. The summed E-state index contributed by atoms with van der Waals surface area (Å²) < 4.78 is 12.3. The van der Waals surface area contributed by atoms with E-state index in [-0.39, 0.29) is 0 Å². The van der Waals surface area contributed by atoms with Gasteiger partial charge in [0.2, 0.25) is 0 Å². The molecule has 0 N–H and O–H groups in total. The molecule has 0 bridgehead atoms. The Balaban J connectivity index is 2.23. The molecule has 0 radical (unpaired) electrons. The summed E-state index contributed by atoms with van der Waals surface area (Å²) in [6, 6.07) is 7.39. The van der Waals surface area contributed by atoms with E-state index >= 15 is 0 Å². The quantitative estimate of drug-likeness (QED) is 0.715. The minimum Gasteiger partial charge on any atom is -0.493 e. The van der Waals surface area contributed by atoms with Crippen molar-refractivity contribution < 1.29 is 9.47 Å². The summed E-state index contributed by atoms with van der Waals surface area (Å²) in [6.45, 7) is 0. The summed E-state index contributed by atoms with van der Waals surface area (Å²) in [6.07, 6.45) is 3.42. The number of fused-ring (bicyclic) bond motifs is 1. The van der Waals surface area contributed by atoms with E-state index in [1.54, 1.807) is 37.4 Å². The van der Waals surface area contributed by atoms with Gasteiger partial charge in [0, 0.05) is 24.5 Å². The number of aromatic nitrogens is 4. The fourth-order valence-electron chi connectivity index (χ4n) is 1.92. The fourth-order valence-corrected chi connectivity index (χ4v) is 1.92. The maximum atomic E-state index is 5.30. The molecular weight excluding hydrogens is 244 g/mol. The molecule has 2 heterocycles. The van der Waals surface area contributed by atoms with Crippen molar-refractivity contribution in [2.24, 2.45) is 0 Å². The van der Waals surface area contributed by atoms with Crippen molar-refractivity contribution in [1.29, 1.82) is 0 Å². The second kappa shape index (κ2) is 4.56. The van der Waals surface area contributed by atoms with Crippen LogP contribution in [0.15, 0.2) is 36.7 Å². The average molecular weight is 256 g/mol. The molecule has 0 atom stereocenters. The molecule has 1 aromatic carbocycles. The van der Waals surface area contributed by atoms with Crippen molar-refractivity contribution in [2.75, 3.05) is 14.2 Å². The maximum Gasteiger partial charge on any atom is 0.163 e. The Bertz CT molecular complexity index is 709. The number of hydrogen-bond donors (Lipinski definition) is 0. The number of methoxy groups -OCH3 is 2. The third-order valence-electron chi connectivity index (χ3n) is 2.86. The summed E-state index contributed by atoms with van der Waals surface area (Å²) in [5, 5.41) is 8.28. The Morgan fingerprint density at radius 2 is 1.68 bits per heavy atom. The predicted molar refractivity (Wildman–Crippen MR) is 69.8 cm³/mol. The lowest BCUT2D eigenvalue weighted by Crippen LogP contribution is -1.97. The van der Waals surface area contributed by atoms with Gasteiger partial charge in [0.25, 0.3) is 0 Å². The molecule has 0 aliphatic rings. The van der Waals surface area contributed by atoms with Crippen LogP contribution in [0.5, 0.6) is 11.5 Å². The molecule has 0 spiro atoms. The first kappa shape index (κ1) is 11.5. The molecule has 0 fully saturated rings. The van der Waals surface area contributed by atoms with Gasteiger partial charge in [-0.15, -0.1) is 5.10 Å². The van der Waals surface area contributed by atoms with Crippen LogP contribution in [0.2, 0.25) is 0 Å². The highest BCUT2D eigenvalue weighted by molar-refractivity contribution is 5.80. The number of pyridine rings is 1. The third-order valence-corrected chi connectivity index (χ3v) is 2.86. The van der Waals surface area contributed by atoms with Crippen LogP contribution in [0.25, 0.3) is 16.7 Å². The summed E-state index contributed by atoms with van der Waals surface area (Å²) in [5.74, 6) is 1.28. The van der Waals surface area contributed by atoms with Gasteiger partial charge in [-0.05, 0) is 12.1 Å². The largest absolute Gasteiger partial charge is 0.493 e. The van der Waals surface area contributed by atoms with Gasteiger partial charge in [-0.3, -0.25) is 4.98 Å². The van der Waals surface area contributed by atoms with Crippen LogP contribution in [0, 0.1) is 0 Å². The number of rotatable bonds is 3. The number of hydrogen-bond acceptors (Lipinski definition) is 5. The second-order valence-electron chi connectivity index (χ2n) is 3.90. The molecule has 19 heavy (non-hydrogen) atoms. The highest BCUT2D eigenvalue weighted by Gasteiger charge is 2.12. The number of benzene rings is 1. The minimum atomic E-state index is 0.636. The van der Waals surface area contributed by atoms with Crippen molar-refractivity contribution in [1.82, 2.24) is 20.0 Å². The van der Waals surface area contributed by atoms with E-state index in [9.17, 15) is 0 Å². The van der Waals surface area contributed by atoms with E-state index in [2.05, 4.69) is 15.3 Å². The zero-order valence-electron chi connectivity index (χ0n) is 10.6. The van der Waals surface area contributed by atoms with Gasteiger partial charge in [0.1, 0.15) is 5.52 Å². The lowest BCUT2D eigenvalue weighted by atomic mass is 10.2. The Labute approximate surface area is 109 Å². The van der Waals surface area contributed by atoms with E-state index < -0.39 is 0 Å². The fraction of sp³-hybridized carbons (Fsp3) is 0.154. The van der Waals surface area contributed by atoms with Crippen LogP contribution in [0.3, 0.4) is 0 Å². The summed E-state index contributed by atoms with van der Waals surface area (Å²) >= 11 is 0. The monoisotopic (exact) mass is 256 g/mol. The average Bonchev–Trinajstić information content (AvgIpc) is 2.89. The molecule has 3 rings (SSSR count). The van der Waals surface area contributed by atoms with E-state index in [1.807, 2.05) is 18.2 Å². The zero-order chi connectivity index (χ0) is 13.2. The first-order valence-corrected chi connectivity index (χ1v) is 5.71. The first-order valence-electron chi connectivity index (χ1n) is 5.71. The number of ether oxygens (including phenoxy) is 2. The summed E-state index contributed by atoms with van der Waals surface area (Å²) in [4.78, 5) is 3.99. The standard InChI is InChI=1S/C13H12N4O2/c1-18-12-7-10-11(8-13(12)19-2)17(16-15-10)9-3-5-14-6-4-9/h3-8H,1-2H3. The van der Waals surface area contributed by atoms with Crippen LogP contribution in [-0.2, 0) is 0 Å².